The van der Waals surface area contributed by atoms with Crippen molar-refractivity contribution in [1.82, 2.24) is 10.3 Å². The summed E-state index contributed by atoms with van der Waals surface area (Å²) in [5, 5.41) is 2.76. The zero-order chi connectivity index (χ0) is 7.68. The van der Waals surface area contributed by atoms with Crippen LogP contribution in [-0.4, -0.2) is 17.4 Å². The van der Waals surface area contributed by atoms with E-state index in [2.05, 4.69) is 10.3 Å². The third-order valence-electron chi connectivity index (χ3n) is 1.78. The normalized spacial score (nSPS) is 15.5. The van der Waals surface area contributed by atoms with Gasteiger partial charge >= 0.3 is 0 Å². The predicted molar refractivity (Wildman–Crippen MR) is 40.3 cm³/mol. The highest BCUT2D eigenvalue weighted by molar-refractivity contribution is 5.96. The third-order valence-corrected chi connectivity index (χ3v) is 1.78. The first-order valence-corrected chi connectivity index (χ1v) is 3.60. The molecule has 1 amide bonds. The first-order valence-electron chi connectivity index (χ1n) is 3.60. The van der Waals surface area contributed by atoms with Crippen molar-refractivity contribution in [2.24, 2.45) is 0 Å². The predicted octanol–water partition coefficient (Wildman–Crippen LogP) is 0.367. The molecule has 0 aliphatic carbocycles. The molecule has 0 radical (unpaired) electrons. The summed E-state index contributed by atoms with van der Waals surface area (Å²) in [5.41, 5.74) is 1.63. The number of aromatic nitrogens is 1. The average molecular weight is 148 g/mol. The van der Waals surface area contributed by atoms with Gasteiger partial charge in [0.15, 0.2) is 0 Å². The lowest BCUT2D eigenvalue weighted by Crippen LogP contribution is -2.32. The summed E-state index contributed by atoms with van der Waals surface area (Å²) in [4.78, 5) is 15.2. The van der Waals surface area contributed by atoms with E-state index in [4.69, 9.17) is 0 Å². The summed E-state index contributed by atoms with van der Waals surface area (Å²) >= 11 is 0. The molecular formula is C8H8N2O. The Morgan fingerprint density at radius 1 is 1.55 bits per heavy atom. The van der Waals surface area contributed by atoms with E-state index < -0.39 is 0 Å². The van der Waals surface area contributed by atoms with Crippen molar-refractivity contribution < 1.29 is 4.79 Å². The minimum absolute atomic E-state index is 0.000602. The number of nitrogens with zero attached hydrogens (tertiary/aromatic N) is 1. The van der Waals surface area contributed by atoms with Crippen LogP contribution in [0.5, 0.6) is 0 Å². The molecule has 1 aliphatic rings. The summed E-state index contributed by atoms with van der Waals surface area (Å²) in [5.74, 6) is -0.000602. The smallest absolute Gasteiger partial charge is 0.253 e. The lowest BCUT2D eigenvalue weighted by molar-refractivity contribution is 0.0945. The van der Waals surface area contributed by atoms with Gasteiger partial charge in [0.25, 0.3) is 5.91 Å². The molecule has 0 saturated heterocycles. The summed E-state index contributed by atoms with van der Waals surface area (Å²) in [6, 6.07) is 3.58. The maximum atomic E-state index is 11.1. The third kappa shape index (κ3) is 0.981. The summed E-state index contributed by atoms with van der Waals surface area (Å²) in [7, 11) is 0. The fraction of sp³-hybridized carbons (Fsp3) is 0.250. The van der Waals surface area contributed by atoms with Gasteiger partial charge in [-0.1, -0.05) is 0 Å². The maximum absolute atomic E-state index is 11.1. The van der Waals surface area contributed by atoms with Gasteiger partial charge in [0.1, 0.15) is 0 Å². The lowest BCUT2D eigenvalue weighted by atomic mass is 10.1. The van der Waals surface area contributed by atoms with Gasteiger partial charge < -0.3 is 5.32 Å². The van der Waals surface area contributed by atoms with Crippen molar-refractivity contribution in [3.8, 4) is 0 Å². The molecule has 3 nitrogen and oxygen atoms in total. The molecule has 2 rings (SSSR count). The van der Waals surface area contributed by atoms with Crippen molar-refractivity contribution >= 4 is 5.91 Å². The monoisotopic (exact) mass is 148 g/mol. The molecule has 0 aromatic carbocycles. The Kier molecular flexibility index (Phi) is 1.35. The van der Waals surface area contributed by atoms with Crippen molar-refractivity contribution in [3.05, 3.63) is 29.6 Å². The van der Waals surface area contributed by atoms with Gasteiger partial charge in [0, 0.05) is 19.2 Å². The minimum atomic E-state index is -0.000602. The summed E-state index contributed by atoms with van der Waals surface area (Å²) in [6.07, 6.45) is 2.57. The van der Waals surface area contributed by atoms with Crippen LogP contribution >= 0.6 is 0 Å². The number of carbonyl (C=O) groups excluding carboxylic acids is 1. The van der Waals surface area contributed by atoms with E-state index in [-0.39, 0.29) is 5.91 Å². The van der Waals surface area contributed by atoms with Crippen LogP contribution in [0.3, 0.4) is 0 Å². The topological polar surface area (TPSA) is 42.0 Å². The van der Waals surface area contributed by atoms with E-state index in [1.54, 1.807) is 18.3 Å². The number of hydrogen-bond acceptors (Lipinski definition) is 2. The molecule has 1 aromatic rings. The number of carbonyl (C=O) groups is 1. The molecule has 1 N–H and O–H groups in total. The van der Waals surface area contributed by atoms with Crippen LogP contribution in [0.25, 0.3) is 0 Å². The Bertz CT molecular complexity index is 296. The molecule has 0 atom stereocenters. The van der Waals surface area contributed by atoms with E-state index in [1.165, 1.54) is 0 Å². The highest BCUT2D eigenvalue weighted by atomic mass is 16.1. The first-order chi connectivity index (χ1) is 5.38. The zero-order valence-corrected chi connectivity index (χ0v) is 6.00. The molecule has 1 aliphatic heterocycles. The summed E-state index contributed by atoms with van der Waals surface area (Å²) in [6.45, 7) is 0.711. The standard InChI is InChI=1S/C8H8N2O/c11-8-6-2-1-4-9-7(6)3-5-10-8/h1-2,4H,3,5H2,(H,10,11). The zero-order valence-electron chi connectivity index (χ0n) is 6.00. The molecule has 56 valence electrons. The summed E-state index contributed by atoms with van der Waals surface area (Å²) < 4.78 is 0. The molecule has 1 aromatic heterocycles. The fourth-order valence-electron chi connectivity index (χ4n) is 1.23. The minimum Gasteiger partial charge on any atom is -0.352 e. The number of amides is 1. The quantitative estimate of drug-likeness (QED) is 0.577. The van der Waals surface area contributed by atoms with Gasteiger partial charge in [-0.2, -0.15) is 0 Å². The number of rotatable bonds is 0. The van der Waals surface area contributed by atoms with Gasteiger partial charge in [-0.15, -0.1) is 0 Å². The molecule has 11 heavy (non-hydrogen) atoms. The highest BCUT2D eigenvalue weighted by Gasteiger charge is 2.15. The average Bonchev–Trinajstić information content (AvgIpc) is 2.06. The van der Waals surface area contributed by atoms with E-state index in [1.807, 2.05) is 0 Å². The van der Waals surface area contributed by atoms with Gasteiger partial charge in [-0.3, -0.25) is 9.78 Å². The lowest BCUT2D eigenvalue weighted by Gasteiger charge is -2.13. The molecule has 0 spiro atoms. The first kappa shape index (κ1) is 6.34. The Morgan fingerprint density at radius 3 is 3.27 bits per heavy atom. The molecule has 0 fully saturated rings. The molecule has 2 heterocycles. The Hall–Kier alpha value is -1.38. The molecule has 0 bridgehead atoms. The van der Waals surface area contributed by atoms with E-state index in [9.17, 15) is 4.79 Å². The van der Waals surface area contributed by atoms with Crippen LogP contribution in [-0.2, 0) is 6.42 Å². The number of hydrogen-bond donors (Lipinski definition) is 1. The van der Waals surface area contributed by atoms with Crippen molar-refractivity contribution in [2.75, 3.05) is 6.54 Å². The van der Waals surface area contributed by atoms with E-state index >= 15 is 0 Å². The Balaban J connectivity index is 2.52. The maximum Gasteiger partial charge on any atom is 0.253 e. The Morgan fingerprint density at radius 2 is 2.45 bits per heavy atom. The van der Waals surface area contributed by atoms with Crippen LogP contribution in [0.1, 0.15) is 16.1 Å². The van der Waals surface area contributed by atoms with Crippen LogP contribution in [0.15, 0.2) is 18.3 Å². The van der Waals surface area contributed by atoms with E-state index in [0.717, 1.165) is 17.7 Å². The molecule has 0 saturated carbocycles. The number of pyridine rings is 1. The molecule has 0 unspecified atom stereocenters. The highest BCUT2D eigenvalue weighted by Crippen LogP contribution is 2.08. The molecule has 3 heteroatoms. The van der Waals surface area contributed by atoms with Crippen molar-refractivity contribution in [1.29, 1.82) is 0 Å². The van der Waals surface area contributed by atoms with Crippen molar-refractivity contribution in [2.45, 2.75) is 6.42 Å². The van der Waals surface area contributed by atoms with Crippen molar-refractivity contribution in [3.63, 3.8) is 0 Å². The van der Waals surface area contributed by atoms with Crippen LogP contribution in [0.4, 0.5) is 0 Å². The van der Waals surface area contributed by atoms with E-state index in [0.29, 0.717) is 6.54 Å². The van der Waals surface area contributed by atoms with Crippen LogP contribution < -0.4 is 5.32 Å². The Labute approximate surface area is 64.5 Å². The largest absolute Gasteiger partial charge is 0.352 e. The van der Waals surface area contributed by atoms with Crippen LogP contribution in [0.2, 0.25) is 0 Å². The molecular weight excluding hydrogens is 140 g/mol. The number of nitrogens with one attached hydrogen (secondary N) is 1. The van der Waals surface area contributed by atoms with Gasteiger partial charge in [-0.05, 0) is 12.1 Å². The number of fused-ring (bicyclic) bond motifs is 1. The second-order valence-corrected chi connectivity index (χ2v) is 2.50. The second-order valence-electron chi connectivity index (χ2n) is 2.50. The van der Waals surface area contributed by atoms with Gasteiger partial charge in [0.2, 0.25) is 0 Å². The van der Waals surface area contributed by atoms with Gasteiger partial charge in [0.05, 0.1) is 11.3 Å². The fourth-order valence-corrected chi connectivity index (χ4v) is 1.23. The van der Waals surface area contributed by atoms with Gasteiger partial charge in [-0.25, -0.2) is 0 Å². The van der Waals surface area contributed by atoms with Crippen LogP contribution in [0, 0.1) is 0 Å². The second kappa shape index (κ2) is 2.34. The SMILES string of the molecule is O=C1NCCc2ncccc21.